The molecular formula is C29H40BNO6. The first kappa shape index (κ1) is 26.5. The highest BCUT2D eigenvalue weighted by Crippen LogP contribution is 2.64. The van der Waals surface area contributed by atoms with Crippen LogP contribution in [-0.2, 0) is 25.6 Å². The van der Waals surface area contributed by atoms with E-state index in [0.717, 1.165) is 18.4 Å². The molecule has 1 aliphatic heterocycles. The van der Waals surface area contributed by atoms with E-state index in [2.05, 4.69) is 32.7 Å². The largest absolute Gasteiger partial charge is 0.491 e. The van der Waals surface area contributed by atoms with E-state index in [9.17, 15) is 19.7 Å². The van der Waals surface area contributed by atoms with Gasteiger partial charge in [0, 0.05) is 28.9 Å². The van der Waals surface area contributed by atoms with Crippen LogP contribution in [-0.4, -0.2) is 47.8 Å². The summed E-state index contributed by atoms with van der Waals surface area (Å²) in [5.74, 6) is 0.380. The maximum atomic E-state index is 13.3. The van der Waals surface area contributed by atoms with E-state index in [1.807, 2.05) is 25.1 Å². The summed E-state index contributed by atoms with van der Waals surface area (Å²) in [6.07, 6.45) is 3.32. The van der Waals surface area contributed by atoms with Gasteiger partial charge in [0.1, 0.15) is 18.4 Å². The lowest BCUT2D eigenvalue weighted by atomic mass is 9.52. The molecule has 0 bridgehead atoms. The number of fused-ring (bicyclic) bond motifs is 1. The minimum atomic E-state index is -0.952. The Kier molecular flexibility index (Phi) is 6.82. The number of aliphatic hydroxyl groups is 1. The zero-order valence-electron chi connectivity index (χ0n) is 22.4. The number of benzene rings is 1. The molecule has 3 N–H and O–H groups in total. The molecule has 0 amide bonds. The van der Waals surface area contributed by atoms with Gasteiger partial charge in [-0.05, 0) is 66.1 Å². The average Bonchev–Trinajstić information content (AvgIpc) is 3.38. The number of carbonyl (C=O) groups is 2. The fraction of sp³-hybridized carbons (Fsp3) is 0.655. The quantitative estimate of drug-likeness (QED) is 0.318. The molecule has 1 heterocycles. The minimum Gasteiger partial charge on any atom is -0.460 e. The van der Waals surface area contributed by atoms with Crippen LogP contribution in [0.1, 0.15) is 58.9 Å². The second-order valence-electron chi connectivity index (χ2n) is 12.4. The summed E-state index contributed by atoms with van der Waals surface area (Å²) in [6.45, 7) is 12.9. The number of nitrogens with one attached hydrogen (secondary N) is 1. The first-order chi connectivity index (χ1) is 17.5. The van der Waals surface area contributed by atoms with Gasteiger partial charge in [-0.15, -0.1) is 6.58 Å². The van der Waals surface area contributed by atoms with Crippen LogP contribution in [0.15, 0.2) is 30.9 Å². The van der Waals surface area contributed by atoms with Crippen molar-refractivity contribution in [3.8, 4) is 0 Å². The van der Waals surface area contributed by atoms with Crippen LogP contribution < -0.4 is 10.8 Å². The van der Waals surface area contributed by atoms with Crippen LogP contribution in [0.3, 0.4) is 0 Å². The number of Topliss-reactive ketones (excluding diaryl/α,β-unsaturated/α-hetero) is 1. The molecule has 7 nitrogen and oxygen atoms in total. The van der Waals surface area contributed by atoms with Gasteiger partial charge >= 0.3 is 13.1 Å². The number of anilines is 1. The molecule has 3 aliphatic carbocycles. The topological polar surface area (TPSA) is 105 Å². The van der Waals surface area contributed by atoms with Crippen LogP contribution in [0.4, 0.5) is 5.69 Å². The van der Waals surface area contributed by atoms with Crippen molar-refractivity contribution >= 4 is 30.0 Å². The van der Waals surface area contributed by atoms with Crippen molar-refractivity contribution in [3.05, 3.63) is 36.4 Å². The smallest absolute Gasteiger partial charge is 0.460 e. The first-order valence-corrected chi connectivity index (χ1v) is 13.7. The lowest BCUT2D eigenvalue weighted by Crippen LogP contribution is -2.57. The summed E-state index contributed by atoms with van der Waals surface area (Å²) < 4.78 is 11.5. The van der Waals surface area contributed by atoms with Crippen LogP contribution in [0.25, 0.3) is 0 Å². The molecule has 9 atom stereocenters. The van der Waals surface area contributed by atoms with E-state index in [0.29, 0.717) is 36.4 Å². The van der Waals surface area contributed by atoms with E-state index in [1.54, 1.807) is 6.07 Å². The number of ether oxygens (including phenoxy) is 1. The molecular weight excluding hydrogens is 469 g/mol. The van der Waals surface area contributed by atoms with Gasteiger partial charge < -0.3 is 24.8 Å². The normalized spacial score (nSPS) is 40.9. The zero-order valence-corrected chi connectivity index (χ0v) is 22.4. The van der Waals surface area contributed by atoms with Gasteiger partial charge in [-0.2, -0.15) is 0 Å². The highest BCUT2D eigenvalue weighted by Gasteiger charge is 2.64. The van der Waals surface area contributed by atoms with Crippen LogP contribution in [0.2, 0.25) is 0 Å². The number of hydrogen-bond donors (Lipinski definition) is 3. The second-order valence-corrected chi connectivity index (χ2v) is 12.4. The van der Waals surface area contributed by atoms with E-state index in [4.69, 9.17) is 9.39 Å². The highest BCUT2D eigenvalue weighted by atomic mass is 16.5. The van der Waals surface area contributed by atoms with Crippen molar-refractivity contribution < 1.29 is 29.1 Å². The van der Waals surface area contributed by atoms with E-state index >= 15 is 0 Å². The third-order valence-corrected chi connectivity index (χ3v) is 10.6. The molecule has 1 aromatic carbocycles. The van der Waals surface area contributed by atoms with Gasteiger partial charge in [0.25, 0.3) is 0 Å². The minimum absolute atomic E-state index is 0.0192. The Hall–Kier alpha value is -2.16. The Morgan fingerprint density at radius 2 is 2.11 bits per heavy atom. The van der Waals surface area contributed by atoms with E-state index < -0.39 is 24.7 Å². The van der Waals surface area contributed by atoms with Crippen molar-refractivity contribution in [3.63, 3.8) is 0 Å². The van der Waals surface area contributed by atoms with Crippen LogP contribution in [0.5, 0.6) is 0 Å². The van der Waals surface area contributed by atoms with Crippen molar-refractivity contribution in [1.29, 1.82) is 0 Å². The van der Waals surface area contributed by atoms with Crippen molar-refractivity contribution in [2.24, 2.45) is 40.4 Å². The standard InChI is InChI=1S/C29H40BNO6/c1-6-28(4)13-24(37-25(33)14-31-19-8-7-18-15-36-30(35)22(18)12-19)29(5)16(2)11-21-23(32)10-9-20(26(21)29)17(3)27(28)34/h6-8,12,16-17,20-21,24,26-27,31,34-35H,1,9-11,13-15H2,2-5H3/t16-,17-,20?,21+,24-,26+,27+,28-,29+/m1/s1. The number of carbonyl (C=O) groups excluding carboxylic acids is 2. The van der Waals surface area contributed by atoms with Gasteiger partial charge in [0.05, 0.1) is 12.7 Å². The number of ketones is 1. The summed E-state index contributed by atoms with van der Waals surface area (Å²) in [4.78, 5) is 26.3. The molecule has 5 rings (SSSR count). The highest BCUT2D eigenvalue weighted by molar-refractivity contribution is 6.61. The molecule has 200 valence electrons. The molecule has 0 aromatic heterocycles. The Morgan fingerprint density at radius 1 is 1.35 bits per heavy atom. The summed E-state index contributed by atoms with van der Waals surface area (Å²) in [5, 5.41) is 24.6. The zero-order chi connectivity index (χ0) is 26.7. The maximum Gasteiger partial charge on any atom is 0.491 e. The molecule has 1 aromatic rings. The molecule has 0 spiro atoms. The second kappa shape index (κ2) is 9.55. The summed E-state index contributed by atoms with van der Waals surface area (Å²) >= 11 is 0. The molecule has 37 heavy (non-hydrogen) atoms. The Bertz CT molecular complexity index is 1090. The van der Waals surface area contributed by atoms with Crippen molar-refractivity contribution in [1.82, 2.24) is 0 Å². The van der Waals surface area contributed by atoms with Gasteiger partial charge in [-0.25, -0.2) is 0 Å². The monoisotopic (exact) mass is 509 g/mol. The summed E-state index contributed by atoms with van der Waals surface area (Å²) in [5.41, 5.74) is 1.34. The Labute approximate surface area is 220 Å². The maximum absolute atomic E-state index is 13.3. The predicted octanol–water partition coefficient (Wildman–Crippen LogP) is 3.08. The number of hydrogen-bond acceptors (Lipinski definition) is 7. The average molecular weight is 509 g/mol. The van der Waals surface area contributed by atoms with Crippen molar-refractivity contribution in [2.45, 2.75) is 72.2 Å². The lowest BCUT2D eigenvalue weighted by Gasteiger charge is -2.55. The Morgan fingerprint density at radius 3 is 2.84 bits per heavy atom. The van der Waals surface area contributed by atoms with Crippen LogP contribution in [0, 0.1) is 40.4 Å². The number of esters is 1. The Balaban J connectivity index is 1.41. The molecule has 3 fully saturated rings. The van der Waals surface area contributed by atoms with E-state index in [-0.39, 0.29) is 47.5 Å². The summed E-state index contributed by atoms with van der Waals surface area (Å²) in [7, 11) is -0.952. The fourth-order valence-corrected chi connectivity index (χ4v) is 8.08. The third-order valence-electron chi connectivity index (χ3n) is 10.6. The fourth-order valence-electron chi connectivity index (χ4n) is 8.08. The predicted molar refractivity (Wildman–Crippen MR) is 142 cm³/mol. The summed E-state index contributed by atoms with van der Waals surface area (Å²) in [6, 6.07) is 5.54. The van der Waals surface area contributed by atoms with Crippen LogP contribution >= 0.6 is 0 Å². The molecule has 0 saturated heterocycles. The number of rotatable bonds is 5. The lowest BCUT2D eigenvalue weighted by molar-refractivity contribution is -0.177. The molecule has 8 heteroatoms. The first-order valence-electron chi connectivity index (χ1n) is 13.7. The van der Waals surface area contributed by atoms with Gasteiger partial charge in [-0.3, -0.25) is 9.59 Å². The molecule has 0 radical (unpaired) electrons. The van der Waals surface area contributed by atoms with Gasteiger partial charge in [0.2, 0.25) is 0 Å². The molecule has 3 saturated carbocycles. The van der Waals surface area contributed by atoms with Gasteiger partial charge in [-0.1, -0.05) is 39.8 Å². The van der Waals surface area contributed by atoms with Gasteiger partial charge in [0.15, 0.2) is 0 Å². The molecule has 1 unspecified atom stereocenters. The van der Waals surface area contributed by atoms with E-state index in [1.165, 1.54) is 0 Å². The number of aliphatic hydroxyl groups excluding tert-OH is 1. The third kappa shape index (κ3) is 4.25. The van der Waals surface area contributed by atoms with Crippen molar-refractivity contribution in [2.75, 3.05) is 11.9 Å². The molecule has 4 aliphatic rings. The SMILES string of the molecule is C=C[C@]1(C)C[C@@H](OC(=O)CNc2ccc3c(c2)B(O)OC3)[C@]2(C)[C@H](C)C[C@H]3C(=O)CCC([C@@H](C)[C@@H]1O)[C@@H]32.